The third kappa shape index (κ3) is 4.85. The lowest BCUT2D eigenvalue weighted by molar-refractivity contribution is -0.132. The van der Waals surface area contributed by atoms with Crippen LogP contribution < -0.4 is 14.4 Å². The number of ether oxygens (including phenoxy) is 3. The molecule has 0 aromatic heterocycles. The van der Waals surface area contributed by atoms with Gasteiger partial charge < -0.3 is 19.3 Å². The lowest BCUT2D eigenvalue weighted by Gasteiger charge is -2.26. The zero-order valence-corrected chi connectivity index (χ0v) is 21.8. The van der Waals surface area contributed by atoms with Gasteiger partial charge in [0.05, 0.1) is 37.5 Å². The minimum atomic E-state index is -0.984. The molecular weight excluding hydrogens is 486 g/mol. The smallest absolute Gasteiger partial charge is 0.337 e. The van der Waals surface area contributed by atoms with Crippen LogP contribution in [0.2, 0.25) is 0 Å². The zero-order chi connectivity index (χ0) is 27.6. The van der Waals surface area contributed by atoms with E-state index in [0.717, 1.165) is 5.56 Å². The summed E-state index contributed by atoms with van der Waals surface area (Å²) in [4.78, 5) is 40.1. The van der Waals surface area contributed by atoms with Gasteiger partial charge in [-0.05, 0) is 74.9 Å². The molecule has 8 nitrogen and oxygen atoms in total. The zero-order valence-electron chi connectivity index (χ0n) is 21.8. The van der Waals surface area contributed by atoms with Crippen molar-refractivity contribution in [3.63, 3.8) is 0 Å². The van der Waals surface area contributed by atoms with Crippen LogP contribution in [0.4, 0.5) is 5.69 Å². The van der Waals surface area contributed by atoms with E-state index in [1.807, 2.05) is 20.8 Å². The quantitative estimate of drug-likeness (QED) is 0.200. The lowest BCUT2D eigenvalue weighted by Crippen LogP contribution is -2.29. The maximum absolute atomic E-state index is 13.5. The second kappa shape index (κ2) is 10.8. The first-order valence-electron chi connectivity index (χ1n) is 12.1. The Morgan fingerprint density at radius 2 is 1.58 bits per heavy atom. The van der Waals surface area contributed by atoms with Gasteiger partial charge in [0.2, 0.25) is 0 Å². The van der Waals surface area contributed by atoms with Crippen LogP contribution >= 0.6 is 0 Å². The number of esters is 1. The third-order valence-corrected chi connectivity index (χ3v) is 6.26. The number of aliphatic hydroxyl groups excluding tert-OH is 1. The Morgan fingerprint density at radius 3 is 2.18 bits per heavy atom. The number of rotatable bonds is 7. The molecule has 1 aliphatic heterocycles. The summed E-state index contributed by atoms with van der Waals surface area (Å²) in [6.45, 7) is 5.67. The molecule has 196 valence electrons. The molecule has 3 aromatic carbocycles. The highest BCUT2D eigenvalue weighted by molar-refractivity contribution is 6.51. The average molecular weight is 516 g/mol. The number of carbonyl (C=O) groups is 3. The van der Waals surface area contributed by atoms with Gasteiger partial charge in [-0.25, -0.2) is 4.79 Å². The Bertz CT molecular complexity index is 1420. The first-order valence-corrected chi connectivity index (χ1v) is 12.1. The number of methoxy groups -OCH3 is 2. The van der Waals surface area contributed by atoms with E-state index in [9.17, 15) is 19.5 Å². The predicted octanol–water partition coefficient (Wildman–Crippen LogP) is 5.20. The number of ketones is 1. The molecule has 1 aliphatic rings. The molecule has 1 atom stereocenters. The minimum Gasteiger partial charge on any atom is -0.507 e. The Hall–Kier alpha value is -4.59. The van der Waals surface area contributed by atoms with Crippen LogP contribution in [0.1, 0.15) is 46.9 Å². The average Bonchev–Trinajstić information content (AvgIpc) is 3.18. The highest BCUT2D eigenvalue weighted by atomic mass is 16.5. The molecular formula is C30H29NO7. The molecule has 8 heteroatoms. The van der Waals surface area contributed by atoms with Crippen molar-refractivity contribution in [3.8, 4) is 11.5 Å². The molecule has 0 bridgehead atoms. The molecule has 1 heterocycles. The third-order valence-electron chi connectivity index (χ3n) is 6.26. The summed E-state index contributed by atoms with van der Waals surface area (Å²) in [5.41, 5.74) is 2.24. The highest BCUT2D eigenvalue weighted by Gasteiger charge is 2.48. The molecule has 0 aliphatic carbocycles. The van der Waals surface area contributed by atoms with Crippen LogP contribution in [0.15, 0.2) is 72.3 Å². The van der Waals surface area contributed by atoms with Gasteiger partial charge in [0, 0.05) is 16.8 Å². The van der Waals surface area contributed by atoms with Gasteiger partial charge in [-0.1, -0.05) is 18.2 Å². The summed E-state index contributed by atoms with van der Waals surface area (Å²) in [7, 11) is 2.77. The fourth-order valence-corrected chi connectivity index (χ4v) is 4.50. The summed E-state index contributed by atoms with van der Waals surface area (Å²) >= 11 is 0. The lowest BCUT2D eigenvalue weighted by atomic mass is 9.94. The Balaban J connectivity index is 1.90. The molecule has 3 aromatic rings. The van der Waals surface area contributed by atoms with Crippen LogP contribution in [-0.2, 0) is 14.3 Å². The number of hydrogen-bond donors (Lipinski definition) is 1. The number of aryl methyl sites for hydroxylation is 1. The van der Waals surface area contributed by atoms with E-state index < -0.39 is 23.7 Å². The molecule has 0 saturated carbocycles. The van der Waals surface area contributed by atoms with Crippen molar-refractivity contribution >= 4 is 29.1 Å². The Kier molecular flexibility index (Phi) is 7.52. The number of hydrogen-bond acceptors (Lipinski definition) is 7. The van der Waals surface area contributed by atoms with E-state index in [-0.39, 0.29) is 17.4 Å². The number of benzene rings is 3. The van der Waals surface area contributed by atoms with Crippen LogP contribution in [0, 0.1) is 6.92 Å². The van der Waals surface area contributed by atoms with Gasteiger partial charge in [0.1, 0.15) is 17.3 Å². The maximum atomic E-state index is 13.5. The molecule has 1 saturated heterocycles. The summed E-state index contributed by atoms with van der Waals surface area (Å²) in [6, 6.07) is 17.2. The van der Waals surface area contributed by atoms with E-state index in [2.05, 4.69) is 0 Å². The molecule has 1 amide bonds. The topological polar surface area (TPSA) is 102 Å². The number of aliphatic hydroxyl groups is 1. The van der Waals surface area contributed by atoms with Gasteiger partial charge >= 0.3 is 5.97 Å². The number of anilines is 1. The van der Waals surface area contributed by atoms with Crippen LogP contribution in [0.25, 0.3) is 5.76 Å². The Labute approximate surface area is 221 Å². The van der Waals surface area contributed by atoms with E-state index in [1.54, 1.807) is 54.6 Å². The molecule has 1 N–H and O–H groups in total. The first-order chi connectivity index (χ1) is 18.2. The first kappa shape index (κ1) is 26.5. The van der Waals surface area contributed by atoms with Gasteiger partial charge in [-0.3, -0.25) is 14.5 Å². The predicted molar refractivity (Wildman–Crippen MR) is 143 cm³/mol. The molecule has 0 radical (unpaired) electrons. The number of nitrogens with zero attached hydrogens (tertiary/aromatic N) is 1. The van der Waals surface area contributed by atoms with Gasteiger partial charge in [0.15, 0.2) is 0 Å². The maximum Gasteiger partial charge on any atom is 0.337 e. The van der Waals surface area contributed by atoms with Crippen molar-refractivity contribution in [1.82, 2.24) is 0 Å². The van der Waals surface area contributed by atoms with Crippen LogP contribution in [0.5, 0.6) is 11.5 Å². The van der Waals surface area contributed by atoms with Crippen LogP contribution in [0.3, 0.4) is 0 Å². The van der Waals surface area contributed by atoms with E-state index in [1.165, 1.54) is 31.3 Å². The van der Waals surface area contributed by atoms with Crippen molar-refractivity contribution in [1.29, 1.82) is 0 Å². The van der Waals surface area contributed by atoms with Gasteiger partial charge in [-0.2, -0.15) is 0 Å². The molecule has 0 spiro atoms. The van der Waals surface area contributed by atoms with Crippen molar-refractivity contribution in [2.75, 3.05) is 19.1 Å². The van der Waals surface area contributed by atoms with E-state index in [0.29, 0.717) is 33.9 Å². The minimum absolute atomic E-state index is 0.0328. The normalized spacial score (nSPS) is 16.6. The van der Waals surface area contributed by atoms with Crippen molar-refractivity contribution in [2.24, 2.45) is 0 Å². The summed E-state index contributed by atoms with van der Waals surface area (Å²) < 4.78 is 16.1. The molecule has 38 heavy (non-hydrogen) atoms. The standard InChI is InChI=1S/C30H29NO7/c1-17(2)38-23-15-12-20(16-18(23)3)27(32)25-26(22-8-6-7-9-24(22)36-4)31(29(34)28(25)33)21-13-10-19(11-14-21)30(35)37-5/h6-17,26,32H,1-5H3/b27-25+. The largest absolute Gasteiger partial charge is 0.507 e. The van der Waals surface area contributed by atoms with Crippen molar-refractivity contribution in [3.05, 3.63) is 94.6 Å². The number of carbonyl (C=O) groups excluding carboxylic acids is 3. The summed E-state index contributed by atoms with van der Waals surface area (Å²) in [6.07, 6.45) is -0.0328. The summed E-state index contributed by atoms with van der Waals surface area (Å²) in [5, 5.41) is 11.5. The highest BCUT2D eigenvalue weighted by Crippen LogP contribution is 2.45. The number of Topliss-reactive ketones (excluding diaryl/α,β-unsaturated/α-hetero) is 1. The molecule has 1 fully saturated rings. The van der Waals surface area contributed by atoms with Crippen molar-refractivity contribution < 1.29 is 33.7 Å². The fourth-order valence-electron chi connectivity index (χ4n) is 4.50. The second-order valence-electron chi connectivity index (χ2n) is 9.10. The van der Waals surface area contributed by atoms with Gasteiger partial charge in [0.25, 0.3) is 11.7 Å². The monoisotopic (exact) mass is 515 g/mol. The molecule has 4 rings (SSSR count). The van der Waals surface area contributed by atoms with Crippen molar-refractivity contribution in [2.45, 2.75) is 32.9 Å². The van der Waals surface area contributed by atoms with Gasteiger partial charge in [-0.15, -0.1) is 0 Å². The van der Waals surface area contributed by atoms with E-state index >= 15 is 0 Å². The second-order valence-corrected chi connectivity index (χ2v) is 9.10. The van der Waals surface area contributed by atoms with Crippen LogP contribution in [-0.4, -0.2) is 43.1 Å². The number of amides is 1. The Morgan fingerprint density at radius 1 is 0.921 bits per heavy atom. The fraction of sp³-hybridized carbons (Fsp3) is 0.233. The van der Waals surface area contributed by atoms with E-state index in [4.69, 9.17) is 14.2 Å². The molecule has 1 unspecified atom stereocenters. The summed E-state index contributed by atoms with van der Waals surface area (Å²) in [5.74, 6) is -1.39. The SMILES string of the molecule is COC(=O)c1ccc(N2C(=O)C(=O)/C(=C(/O)c3ccc(OC(C)C)c(C)c3)C2c2ccccc2OC)cc1. The number of para-hydroxylation sites is 1.